The first kappa shape index (κ1) is 14.7. The summed E-state index contributed by atoms with van der Waals surface area (Å²) < 4.78 is 10.5. The van der Waals surface area contributed by atoms with Crippen molar-refractivity contribution in [1.82, 2.24) is 4.90 Å². The molecule has 20 heavy (non-hydrogen) atoms. The highest BCUT2D eigenvalue weighted by atomic mass is 16.5. The van der Waals surface area contributed by atoms with E-state index in [-0.39, 0.29) is 5.91 Å². The average molecular weight is 277 g/mol. The Bertz CT molecular complexity index is 469. The first-order valence-electron chi connectivity index (χ1n) is 7.20. The average Bonchev–Trinajstić information content (AvgIpc) is 3.29. The molecule has 1 fully saturated rings. The molecule has 0 bridgehead atoms. The Kier molecular flexibility index (Phi) is 4.88. The van der Waals surface area contributed by atoms with E-state index in [2.05, 4.69) is 6.92 Å². The van der Waals surface area contributed by atoms with Gasteiger partial charge < -0.3 is 14.4 Å². The SMILES string of the molecule is CCCN(CC1CC1)C(=O)c1cc(OC)ccc1OC. The van der Waals surface area contributed by atoms with E-state index in [1.165, 1.54) is 12.8 Å². The van der Waals surface area contributed by atoms with Crippen molar-refractivity contribution >= 4 is 5.91 Å². The first-order valence-corrected chi connectivity index (χ1v) is 7.20. The zero-order chi connectivity index (χ0) is 14.5. The Balaban J connectivity index is 2.23. The number of nitrogens with zero attached hydrogens (tertiary/aromatic N) is 1. The van der Waals surface area contributed by atoms with E-state index < -0.39 is 0 Å². The molecule has 110 valence electrons. The molecule has 2 rings (SSSR count). The number of carbonyl (C=O) groups is 1. The van der Waals surface area contributed by atoms with Crippen molar-refractivity contribution in [3.63, 3.8) is 0 Å². The quantitative estimate of drug-likeness (QED) is 0.769. The molecule has 0 aliphatic heterocycles. The summed E-state index contributed by atoms with van der Waals surface area (Å²) in [7, 11) is 3.19. The monoisotopic (exact) mass is 277 g/mol. The molecular weight excluding hydrogens is 254 g/mol. The predicted molar refractivity (Wildman–Crippen MR) is 78.5 cm³/mol. The molecule has 1 aromatic rings. The van der Waals surface area contributed by atoms with Gasteiger partial charge in [-0.3, -0.25) is 4.79 Å². The van der Waals surface area contributed by atoms with Crippen LogP contribution in [0.4, 0.5) is 0 Å². The molecule has 0 atom stereocenters. The van der Waals surface area contributed by atoms with E-state index in [1.54, 1.807) is 32.4 Å². The van der Waals surface area contributed by atoms with Gasteiger partial charge in [-0.05, 0) is 43.4 Å². The molecule has 1 aromatic carbocycles. The second-order valence-corrected chi connectivity index (χ2v) is 5.26. The third-order valence-corrected chi connectivity index (χ3v) is 3.59. The zero-order valence-corrected chi connectivity index (χ0v) is 12.5. The van der Waals surface area contributed by atoms with E-state index in [1.807, 2.05) is 4.90 Å². The number of carbonyl (C=O) groups excluding carboxylic acids is 1. The van der Waals surface area contributed by atoms with Gasteiger partial charge in [-0.2, -0.15) is 0 Å². The van der Waals surface area contributed by atoms with Crippen molar-refractivity contribution in [1.29, 1.82) is 0 Å². The number of rotatable bonds is 7. The van der Waals surface area contributed by atoms with E-state index in [0.29, 0.717) is 23.0 Å². The van der Waals surface area contributed by atoms with E-state index in [0.717, 1.165) is 19.5 Å². The molecule has 4 heteroatoms. The molecule has 0 unspecified atom stereocenters. The molecular formula is C16H23NO3. The van der Waals surface area contributed by atoms with Crippen LogP contribution in [-0.2, 0) is 0 Å². The Hall–Kier alpha value is -1.71. The van der Waals surface area contributed by atoms with Gasteiger partial charge in [0.05, 0.1) is 19.8 Å². The highest BCUT2D eigenvalue weighted by Crippen LogP contribution is 2.31. The van der Waals surface area contributed by atoms with Crippen molar-refractivity contribution in [2.24, 2.45) is 5.92 Å². The Labute approximate surface area is 120 Å². The fourth-order valence-corrected chi connectivity index (χ4v) is 2.31. The van der Waals surface area contributed by atoms with Gasteiger partial charge in [0.25, 0.3) is 5.91 Å². The standard InChI is InChI=1S/C16H23NO3/c1-4-9-17(11-12-5-6-12)16(18)14-10-13(19-2)7-8-15(14)20-3/h7-8,10,12H,4-6,9,11H2,1-3H3. The number of hydrogen-bond donors (Lipinski definition) is 0. The fraction of sp³-hybridized carbons (Fsp3) is 0.562. The minimum atomic E-state index is 0.0366. The third-order valence-electron chi connectivity index (χ3n) is 3.59. The van der Waals surface area contributed by atoms with Crippen molar-refractivity contribution in [3.8, 4) is 11.5 Å². The van der Waals surface area contributed by atoms with Gasteiger partial charge >= 0.3 is 0 Å². The maximum absolute atomic E-state index is 12.7. The Morgan fingerprint density at radius 2 is 2.05 bits per heavy atom. The normalized spacial score (nSPS) is 13.9. The minimum Gasteiger partial charge on any atom is -0.497 e. The van der Waals surface area contributed by atoms with Crippen LogP contribution in [0, 0.1) is 5.92 Å². The lowest BCUT2D eigenvalue weighted by molar-refractivity contribution is 0.0744. The molecule has 0 heterocycles. The Morgan fingerprint density at radius 1 is 1.30 bits per heavy atom. The summed E-state index contributed by atoms with van der Waals surface area (Å²) >= 11 is 0. The summed E-state index contributed by atoms with van der Waals surface area (Å²) in [5.41, 5.74) is 0.584. The third kappa shape index (κ3) is 3.44. The van der Waals surface area contributed by atoms with Crippen molar-refractivity contribution in [3.05, 3.63) is 23.8 Å². The van der Waals surface area contributed by atoms with Gasteiger partial charge in [-0.15, -0.1) is 0 Å². The molecule has 4 nitrogen and oxygen atoms in total. The van der Waals surface area contributed by atoms with Crippen LogP contribution in [0.15, 0.2) is 18.2 Å². The van der Waals surface area contributed by atoms with Crippen molar-refractivity contribution < 1.29 is 14.3 Å². The van der Waals surface area contributed by atoms with E-state index in [4.69, 9.17) is 9.47 Å². The van der Waals surface area contributed by atoms with Crippen LogP contribution < -0.4 is 9.47 Å². The van der Waals surface area contributed by atoms with Gasteiger partial charge in [0.1, 0.15) is 11.5 Å². The summed E-state index contributed by atoms with van der Waals surface area (Å²) in [4.78, 5) is 14.7. The van der Waals surface area contributed by atoms with Gasteiger partial charge in [0.15, 0.2) is 0 Å². The van der Waals surface area contributed by atoms with Crippen LogP contribution in [0.1, 0.15) is 36.5 Å². The number of methoxy groups -OCH3 is 2. The van der Waals surface area contributed by atoms with Crippen LogP contribution in [0.3, 0.4) is 0 Å². The lowest BCUT2D eigenvalue weighted by atomic mass is 10.1. The fourth-order valence-electron chi connectivity index (χ4n) is 2.31. The van der Waals surface area contributed by atoms with Crippen LogP contribution in [0.2, 0.25) is 0 Å². The van der Waals surface area contributed by atoms with E-state index >= 15 is 0 Å². The van der Waals surface area contributed by atoms with Crippen molar-refractivity contribution in [2.45, 2.75) is 26.2 Å². The predicted octanol–water partition coefficient (Wildman–Crippen LogP) is 2.97. The minimum absolute atomic E-state index is 0.0366. The van der Waals surface area contributed by atoms with Gasteiger partial charge in [0.2, 0.25) is 0 Å². The molecule has 0 radical (unpaired) electrons. The first-order chi connectivity index (χ1) is 9.69. The second-order valence-electron chi connectivity index (χ2n) is 5.26. The van der Waals surface area contributed by atoms with Crippen LogP contribution in [0.5, 0.6) is 11.5 Å². The number of amides is 1. The lowest BCUT2D eigenvalue weighted by Gasteiger charge is -2.23. The van der Waals surface area contributed by atoms with Gasteiger partial charge in [-0.25, -0.2) is 0 Å². The van der Waals surface area contributed by atoms with Crippen LogP contribution in [-0.4, -0.2) is 38.1 Å². The number of ether oxygens (including phenoxy) is 2. The summed E-state index contributed by atoms with van der Waals surface area (Å²) in [6.45, 7) is 3.73. The highest BCUT2D eigenvalue weighted by molar-refractivity contribution is 5.97. The molecule has 1 aliphatic rings. The van der Waals surface area contributed by atoms with Crippen molar-refractivity contribution in [2.75, 3.05) is 27.3 Å². The molecule has 0 N–H and O–H groups in total. The zero-order valence-electron chi connectivity index (χ0n) is 12.5. The summed E-state index contributed by atoms with van der Waals surface area (Å²) in [6.07, 6.45) is 3.44. The molecule has 1 amide bonds. The maximum Gasteiger partial charge on any atom is 0.257 e. The second kappa shape index (κ2) is 6.64. The molecule has 0 saturated heterocycles. The summed E-state index contributed by atoms with van der Waals surface area (Å²) in [5.74, 6) is 2.00. The molecule has 0 spiro atoms. The Morgan fingerprint density at radius 3 is 2.60 bits per heavy atom. The van der Waals surface area contributed by atoms with E-state index in [9.17, 15) is 4.79 Å². The highest BCUT2D eigenvalue weighted by Gasteiger charge is 2.28. The van der Waals surface area contributed by atoms with Crippen LogP contribution >= 0.6 is 0 Å². The largest absolute Gasteiger partial charge is 0.497 e. The molecule has 0 aromatic heterocycles. The molecule has 1 aliphatic carbocycles. The van der Waals surface area contributed by atoms with Gasteiger partial charge in [0, 0.05) is 13.1 Å². The topological polar surface area (TPSA) is 38.8 Å². The number of hydrogen-bond acceptors (Lipinski definition) is 3. The summed E-state index contributed by atoms with van der Waals surface area (Å²) in [5, 5.41) is 0. The molecule has 1 saturated carbocycles. The van der Waals surface area contributed by atoms with Gasteiger partial charge in [-0.1, -0.05) is 6.92 Å². The number of benzene rings is 1. The smallest absolute Gasteiger partial charge is 0.257 e. The maximum atomic E-state index is 12.7. The van der Waals surface area contributed by atoms with Crippen LogP contribution in [0.25, 0.3) is 0 Å². The lowest BCUT2D eigenvalue weighted by Crippen LogP contribution is -2.33. The summed E-state index contributed by atoms with van der Waals surface area (Å²) in [6, 6.07) is 5.35.